The molecule has 170 valence electrons. The van der Waals surface area contributed by atoms with Gasteiger partial charge in [-0.3, -0.25) is 14.9 Å². The van der Waals surface area contributed by atoms with Crippen LogP contribution in [0.2, 0.25) is 0 Å². The summed E-state index contributed by atoms with van der Waals surface area (Å²) in [6.45, 7) is 1.96. The Morgan fingerprint density at radius 1 is 1.30 bits per heavy atom. The van der Waals surface area contributed by atoms with Crippen LogP contribution in [-0.4, -0.2) is 40.7 Å². The van der Waals surface area contributed by atoms with Gasteiger partial charge in [-0.1, -0.05) is 0 Å². The second kappa shape index (κ2) is 10.1. The van der Waals surface area contributed by atoms with E-state index in [1.165, 1.54) is 55.8 Å². The molecule has 0 saturated heterocycles. The summed E-state index contributed by atoms with van der Waals surface area (Å²) >= 11 is 0. The van der Waals surface area contributed by atoms with Crippen molar-refractivity contribution in [2.24, 2.45) is 5.10 Å². The SMILES string of the molecule is CCOc1cc(/C=N/NC(=O)c2cc(-c3ccc(F)cc3)nc(=O)[nH]2)cc([N+](=O)[O-])c1OC. The van der Waals surface area contributed by atoms with Crippen molar-refractivity contribution in [3.8, 4) is 22.8 Å². The van der Waals surface area contributed by atoms with E-state index in [0.29, 0.717) is 5.56 Å². The summed E-state index contributed by atoms with van der Waals surface area (Å²) in [7, 11) is 1.29. The lowest BCUT2D eigenvalue weighted by molar-refractivity contribution is -0.385. The van der Waals surface area contributed by atoms with Gasteiger partial charge in [0.2, 0.25) is 5.75 Å². The molecule has 1 amide bonds. The van der Waals surface area contributed by atoms with Crippen molar-refractivity contribution in [3.05, 3.63) is 80.1 Å². The predicted molar refractivity (Wildman–Crippen MR) is 116 cm³/mol. The third-order valence-electron chi connectivity index (χ3n) is 4.27. The summed E-state index contributed by atoms with van der Waals surface area (Å²) in [6.07, 6.45) is 1.17. The molecule has 3 rings (SSSR count). The number of hydrazone groups is 1. The van der Waals surface area contributed by atoms with Crippen LogP contribution in [0.15, 0.2) is 52.4 Å². The average molecular weight is 455 g/mol. The summed E-state index contributed by atoms with van der Waals surface area (Å²) in [5.41, 5.74) is 1.84. The van der Waals surface area contributed by atoms with Crippen LogP contribution in [-0.2, 0) is 0 Å². The molecule has 0 aliphatic heterocycles. The van der Waals surface area contributed by atoms with Gasteiger partial charge < -0.3 is 14.5 Å². The normalized spacial score (nSPS) is 10.8. The number of carbonyl (C=O) groups is 1. The number of carbonyl (C=O) groups excluding carboxylic acids is 1. The van der Waals surface area contributed by atoms with Gasteiger partial charge in [-0.05, 0) is 43.3 Å². The summed E-state index contributed by atoms with van der Waals surface area (Å²) in [4.78, 5) is 41.1. The van der Waals surface area contributed by atoms with Crippen LogP contribution in [0, 0.1) is 15.9 Å². The third-order valence-corrected chi connectivity index (χ3v) is 4.27. The Hall–Kier alpha value is -4.61. The maximum absolute atomic E-state index is 13.1. The lowest BCUT2D eigenvalue weighted by Crippen LogP contribution is -2.24. The highest BCUT2D eigenvalue weighted by atomic mass is 19.1. The van der Waals surface area contributed by atoms with E-state index in [2.05, 4.69) is 20.5 Å². The first kappa shape index (κ1) is 23.1. The van der Waals surface area contributed by atoms with Crippen molar-refractivity contribution >= 4 is 17.8 Å². The molecule has 3 aromatic rings. The van der Waals surface area contributed by atoms with Crippen molar-refractivity contribution in [3.63, 3.8) is 0 Å². The molecule has 1 aromatic heterocycles. The number of hydrogen-bond acceptors (Lipinski definition) is 8. The molecule has 0 fully saturated rings. The Bertz CT molecular complexity index is 1270. The Morgan fingerprint density at radius 3 is 2.67 bits per heavy atom. The molecule has 0 radical (unpaired) electrons. The van der Waals surface area contributed by atoms with Crippen LogP contribution in [0.5, 0.6) is 11.5 Å². The summed E-state index contributed by atoms with van der Waals surface area (Å²) in [5.74, 6) is -1.11. The molecule has 1 heterocycles. The average Bonchev–Trinajstić information content (AvgIpc) is 2.79. The topological polar surface area (TPSA) is 149 Å². The van der Waals surface area contributed by atoms with Crippen LogP contribution in [0.4, 0.5) is 10.1 Å². The number of halogens is 1. The first-order chi connectivity index (χ1) is 15.8. The Balaban J connectivity index is 1.83. The number of methoxy groups -OCH3 is 1. The molecular formula is C21H18FN5O6. The monoisotopic (exact) mass is 455 g/mol. The summed E-state index contributed by atoms with van der Waals surface area (Å²) < 4.78 is 23.6. The van der Waals surface area contributed by atoms with Crippen LogP contribution in [0.1, 0.15) is 23.0 Å². The van der Waals surface area contributed by atoms with Gasteiger partial charge in [0.1, 0.15) is 11.5 Å². The fraction of sp³-hybridized carbons (Fsp3) is 0.143. The molecule has 0 unspecified atom stereocenters. The number of nitrogens with zero attached hydrogens (tertiary/aromatic N) is 3. The molecule has 11 nitrogen and oxygen atoms in total. The first-order valence-electron chi connectivity index (χ1n) is 9.52. The summed E-state index contributed by atoms with van der Waals surface area (Å²) in [5, 5.41) is 15.1. The van der Waals surface area contributed by atoms with E-state index in [0.717, 1.165) is 0 Å². The maximum Gasteiger partial charge on any atom is 0.346 e. The van der Waals surface area contributed by atoms with E-state index in [-0.39, 0.29) is 40.7 Å². The van der Waals surface area contributed by atoms with E-state index in [4.69, 9.17) is 9.47 Å². The molecule has 12 heteroatoms. The van der Waals surface area contributed by atoms with Gasteiger partial charge in [-0.25, -0.2) is 14.6 Å². The van der Waals surface area contributed by atoms with E-state index in [9.17, 15) is 24.1 Å². The zero-order valence-electron chi connectivity index (χ0n) is 17.5. The van der Waals surface area contributed by atoms with Gasteiger partial charge in [0.25, 0.3) is 5.91 Å². The fourth-order valence-electron chi connectivity index (χ4n) is 2.86. The van der Waals surface area contributed by atoms with Crippen LogP contribution in [0.3, 0.4) is 0 Å². The van der Waals surface area contributed by atoms with Crippen LogP contribution >= 0.6 is 0 Å². The number of H-pyrrole nitrogens is 1. The molecule has 33 heavy (non-hydrogen) atoms. The van der Waals surface area contributed by atoms with E-state index >= 15 is 0 Å². The standard InChI is InChI=1S/C21H18FN5O6/c1-3-33-18-9-12(8-17(27(30)31)19(18)32-2)11-23-26-20(28)16-10-15(24-21(29)25-16)13-4-6-14(22)7-5-13/h4-11H,3H2,1-2H3,(H,26,28)(H,24,25,29)/b23-11+. The number of nitro benzene ring substituents is 1. The largest absolute Gasteiger partial charge is 0.490 e. The van der Waals surface area contributed by atoms with Crippen molar-refractivity contribution in [2.75, 3.05) is 13.7 Å². The number of ether oxygens (including phenoxy) is 2. The zero-order valence-corrected chi connectivity index (χ0v) is 17.5. The minimum absolute atomic E-state index is 0.0364. The minimum atomic E-state index is -0.780. The lowest BCUT2D eigenvalue weighted by Gasteiger charge is -2.10. The molecule has 0 bridgehead atoms. The van der Waals surface area contributed by atoms with E-state index in [1.54, 1.807) is 6.92 Å². The smallest absolute Gasteiger partial charge is 0.346 e. The van der Waals surface area contributed by atoms with E-state index in [1.807, 2.05) is 0 Å². The second-order valence-electron chi connectivity index (χ2n) is 6.45. The van der Waals surface area contributed by atoms with Crippen molar-refractivity contribution in [1.29, 1.82) is 0 Å². The molecule has 2 N–H and O–H groups in total. The number of amides is 1. The van der Waals surface area contributed by atoms with E-state index < -0.39 is 22.3 Å². The van der Waals surface area contributed by atoms with Crippen LogP contribution < -0.4 is 20.6 Å². The molecule has 0 atom stereocenters. The number of rotatable bonds is 8. The van der Waals surface area contributed by atoms with Gasteiger partial charge in [0, 0.05) is 17.2 Å². The van der Waals surface area contributed by atoms with Crippen molar-refractivity contribution in [1.82, 2.24) is 15.4 Å². The first-order valence-corrected chi connectivity index (χ1v) is 9.52. The van der Waals surface area contributed by atoms with Crippen molar-refractivity contribution < 1.29 is 23.6 Å². The maximum atomic E-state index is 13.1. The number of nitro groups is 1. The number of aromatic amines is 1. The molecule has 0 saturated carbocycles. The van der Waals surface area contributed by atoms with Gasteiger partial charge in [0.05, 0.1) is 30.5 Å². The predicted octanol–water partition coefficient (Wildman–Crippen LogP) is 2.66. The molecule has 0 aliphatic rings. The Labute approximate surface area is 186 Å². The molecule has 0 spiro atoms. The fourth-order valence-corrected chi connectivity index (χ4v) is 2.86. The second-order valence-corrected chi connectivity index (χ2v) is 6.45. The van der Waals surface area contributed by atoms with Gasteiger partial charge in [-0.15, -0.1) is 0 Å². The van der Waals surface area contributed by atoms with Gasteiger partial charge in [-0.2, -0.15) is 10.1 Å². The quantitative estimate of drug-likeness (QED) is 0.301. The van der Waals surface area contributed by atoms with Gasteiger partial charge in [0.15, 0.2) is 5.75 Å². The Morgan fingerprint density at radius 2 is 2.03 bits per heavy atom. The highest BCUT2D eigenvalue weighted by Crippen LogP contribution is 2.37. The molecule has 0 aliphatic carbocycles. The van der Waals surface area contributed by atoms with Crippen molar-refractivity contribution in [2.45, 2.75) is 6.92 Å². The Kier molecular flexibility index (Phi) is 7.08. The highest BCUT2D eigenvalue weighted by Gasteiger charge is 2.21. The lowest BCUT2D eigenvalue weighted by atomic mass is 10.1. The number of nitrogens with one attached hydrogen (secondary N) is 2. The minimum Gasteiger partial charge on any atom is -0.490 e. The van der Waals surface area contributed by atoms with Crippen LogP contribution in [0.25, 0.3) is 11.3 Å². The number of hydrogen-bond donors (Lipinski definition) is 2. The van der Waals surface area contributed by atoms with Gasteiger partial charge >= 0.3 is 11.4 Å². The molecular weight excluding hydrogens is 437 g/mol. The number of benzene rings is 2. The molecule has 2 aromatic carbocycles. The zero-order chi connectivity index (χ0) is 24.0. The number of aromatic nitrogens is 2. The summed E-state index contributed by atoms with van der Waals surface area (Å²) in [6, 6.07) is 9.22. The highest BCUT2D eigenvalue weighted by molar-refractivity contribution is 5.94. The third kappa shape index (κ3) is 5.55.